The van der Waals surface area contributed by atoms with Gasteiger partial charge < -0.3 is 20.0 Å². The lowest BCUT2D eigenvalue weighted by atomic mass is 9.96. The van der Waals surface area contributed by atoms with Crippen LogP contribution in [0.2, 0.25) is 0 Å². The van der Waals surface area contributed by atoms with E-state index in [2.05, 4.69) is 48.7 Å². The van der Waals surface area contributed by atoms with E-state index in [-0.39, 0.29) is 12.5 Å². The summed E-state index contributed by atoms with van der Waals surface area (Å²) in [5.74, 6) is 0.00877. The number of alkyl carbamates (subject to hydrolysis) is 1. The monoisotopic (exact) mass is 419 g/mol. The lowest BCUT2D eigenvalue weighted by molar-refractivity contribution is -0.109. The molecular formula is C26H29NO4. The van der Waals surface area contributed by atoms with Crippen molar-refractivity contribution in [2.45, 2.75) is 38.1 Å². The molecule has 0 spiro atoms. The molecule has 4 rings (SSSR count). The first-order valence-electron chi connectivity index (χ1n) is 10.5. The predicted octanol–water partition coefficient (Wildman–Crippen LogP) is 4.76. The molecule has 0 radical (unpaired) electrons. The maximum Gasteiger partial charge on any atom is 0.407 e. The number of allylic oxidation sites excluding steroid dienone is 3. The zero-order valence-electron chi connectivity index (χ0n) is 18.0. The van der Waals surface area contributed by atoms with Gasteiger partial charge in [0.1, 0.15) is 12.9 Å². The summed E-state index contributed by atoms with van der Waals surface area (Å²) < 4.78 is 5.54. The number of aliphatic hydroxyl groups is 1. The Kier molecular flexibility index (Phi) is 7.79. The van der Waals surface area contributed by atoms with Crippen molar-refractivity contribution in [3.8, 4) is 11.1 Å². The van der Waals surface area contributed by atoms with Crippen LogP contribution in [0.15, 0.2) is 71.8 Å². The van der Waals surface area contributed by atoms with Crippen molar-refractivity contribution in [1.82, 2.24) is 5.32 Å². The number of ether oxygens (including phenoxy) is 1. The number of amides is 1. The SMILES string of the molecule is CC1=CC(CC(C=O)NC(=O)OCC2c3ccccc3-c3ccccc32)=CCC1.CO. The number of aliphatic hydroxyl groups excluding tert-OH is 1. The minimum absolute atomic E-state index is 0.00877. The van der Waals surface area contributed by atoms with Gasteiger partial charge in [-0.25, -0.2) is 4.79 Å². The first-order valence-corrected chi connectivity index (χ1v) is 10.5. The highest BCUT2D eigenvalue weighted by molar-refractivity contribution is 5.79. The number of benzene rings is 2. The van der Waals surface area contributed by atoms with Gasteiger partial charge in [-0.3, -0.25) is 0 Å². The van der Waals surface area contributed by atoms with Gasteiger partial charge in [-0.1, -0.05) is 66.3 Å². The molecule has 1 unspecified atom stereocenters. The average Bonchev–Trinajstić information content (AvgIpc) is 3.12. The van der Waals surface area contributed by atoms with Gasteiger partial charge in [0.05, 0.1) is 6.04 Å². The third kappa shape index (κ3) is 5.30. The Bertz CT molecular complexity index is 947. The highest BCUT2D eigenvalue weighted by Crippen LogP contribution is 2.44. The lowest BCUT2D eigenvalue weighted by Crippen LogP contribution is -2.37. The number of fused-ring (bicyclic) bond motifs is 3. The Morgan fingerprint density at radius 3 is 2.32 bits per heavy atom. The summed E-state index contributed by atoms with van der Waals surface area (Å²) in [4.78, 5) is 23.8. The van der Waals surface area contributed by atoms with Crippen molar-refractivity contribution in [2.24, 2.45) is 0 Å². The highest BCUT2D eigenvalue weighted by atomic mass is 16.5. The number of aldehydes is 1. The average molecular weight is 420 g/mol. The number of carbonyl (C=O) groups is 2. The summed E-state index contributed by atoms with van der Waals surface area (Å²) in [5, 5.41) is 9.70. The molecule has 0 bridgehead atoms. The second kappa shape index (κ2) is 10.7. The standard InChI is InChI=1S/C25H25NO3.CH4O/c1-17-7-6-8-18(13-17)14-19(15-27)26-25(28)29-16-24-22-11-4-2-9-20(22)21-10-3-5-12-23(21)24;1-2/h2-5,8-13,15,19,24H,6-7,14,16H2,1H3,(H,26,28);2H,1H3. The lowest BCUT2D eigenvalue weighted by Gasteiger charge is -2.18. The molecule has 1 atom stereocenters. The van der Waals surface area contributed by atoms with Crippen molar-refractivity contribution in [3.05, 3.63) is 83.0 Å². The van der Waals surface area contributed by atoms with Gasteiger partial charge in [0.2, 0.25) is 0 Å². The van der Waals surface area contributed by atoms with Crippen molar-refractivity contribution < 1.29 is 19.4 Å². The van der Waals surface area contributed by atoms with E-state index in [1.807, 2.05) is 24.3 Å². The molecule has 5 nitrogen and oxygen atoms in total. The maximum atomic E-state index is 12.4. The molecule has 0 fully saturated rings. The third-order valence-electron chi connectivity index (χ3n) is 5.64. The Hall–Kier alpha value is -3.18. The molecule has 0 aliphatic heterocycles. The molecule has 1 amide bonds. The minimum Gasteiger partial charge on any atom is -0.449 e. The van der Waals surface area contributed by atoms with Gasteiger partial charge in [-0.05, 0) is 54.0 Å². The van der Waals surface area contributed by atoms with Gasteiger partial charge in [-0.15, -0.1) is 0 Å². The van der Waals surface area contributed by atoms with Gasteiger partial charge in [0.15, 0.2) is 0 Å². The summed E-state index contributed by atoms with van der Waals surface area (Å²) in [6, 6.07) is 15.8. The zero-order valence-corrected chi connectivity index (χ0v) is 18.0. The van der Waals surface area contributed by atoms with Crippen LogP contribution in [0.1, 0.15) is 43.2 Å². The minimum atomic E-state index is -0.584. The van der Waals surface area contributed by atoms with Crippen molar-refractivity contribution in [3.63, 3.8) is 0 Å². The van der Waals surface area contributed by atoms with E-state index < -0.39 is 12.1 Å². The van der Waals surface area contributed by atoms with Gasteiger partial charge in [0, 0.05) is 13.0 Å². The summed E-state index contributed by atoms with van der Waals surface area (Å²) in [6.07, 6.45) is 6.97. The maximum absolute atomic E-state index is 12.4. The van der Waals surface area contributed by atoms with Crippen LogP contribution in [0.5, 0.6) is 0 Å². The van der Waals surface area contributed by atoms with Crippen LogP contribution < -0.4 is 5.32 Å². The second-order valence-electron chi connectivity index (χ2n) is 7.72. The molecule has 31 heavy (non-hydrogen) atoms. The quantitative estimate of drug-likeness (QED) is 0.662. The Balaban J connectivity index is 0.00000132. The number of nitrogens with one attached hydrogen (secondary N) is 1. The number of hydrogen-bond donors (Lipinski definition) is 2. The summed E-state index contributed by atoms with van der Waals surface area (Å²) >= 11 is 0. The molecule has 2 aliphatic rings. The largest absolute Gasteiger partial charge is 0.449 e. The fraction of sp³-hybridized carbons (Fsp3) is 0.308. The van der Waals surface area contributed by atoms with E-state index in [4.69, 9.17) is 9.84 Å². The second-order valence-corrected chi connectivity index (χ2v) is 7.72. The molecule has 2 aliphatic carbocycles. The first-order chi connectivity index (χ1) is 15.2. The van der Waals surface area contributed by atoms with Crippen LogP contribution in [-0.2, 0) is 9.53 Å². The molecule has 5 heteroatoms. The molecular weight excluding hydrogens is 390 g/mol. The molecule has 2 aromatic carbocycles. The molecule has 0 aromatic heterocycles. The van der Waals surface area contributed by atoms with Crippen molar-refractivity contribution >= 4 is 12.4 Å². The van der Waals surface area contributed by atoms with Crippen molar-refractivity contribution in [2.75, 3.05) is 13.7 Å². The van der Waals surface area contributed by atoms with Crippen molar-refractivity contribution in [1.29, 1.82) is 0 Å². The van der Waals surface area contributed by atoms with Crippen LogP contribution in [-0.4, -0.2) is 37.2 Å². The van der Waals surface area contributed by atoms with Gasteiger partial charge in [0.25, 0.3) is 0 Å². The number of carbonyl (C=O) groups excluding carboxylic acids is 2. The van der Waals surface area contributed by atoms with Gasteiger partial charge in [-0.2, -0.15) is 0 Å². The van der Waals surface area contributed by atoms with E-state index in [0.29, 0.717) is 6.42 Å². The van der Waals surface area contributed by atoms with Crippen LogP contribution in [0.4, 0.5) is 4.79 Å². The predicted molar refractivity (Wildman–Crippen MR) is 122 cm³/mol. The Morgan fingerprint density at radius 2 is 1.74 bits per heavy atom. The smallest absolute Gasteiger partial charge is 0.407 e. The molecule has 2 N–H and O–H groups in total. The van der Waals surface area contributed by atoms with E-state index >= 15 is 0 Å². The summed E-state index contributed by atoms with van der Waals surface area (Å²) in [6.45, 7) is 2.33. The van der Waals surface area contributed by atoms with E-state index in [1.54, 1.807) is 0 Å². The van der Waals surface area contributed by atoms with E-state index in [9.17, 15) is 9.59 Å². The third-order valence-corrected chi connectivity index (χ3v) is 5.64. The van der Waals surface area contributed by atoms with Crippen LogP contribution in [0, 0.1) is 0 Å². The highest BCUT2D eigenvalue weighted by Gasteiger charge is 2.29. The van der Waals surface area contributed by atoms with Crippen LogP contribution >= 0.6 is 0 Å². The Morgan fingerprint density at radius 1 is 1.13 bits per heavy atom. The summed E-state index contributed by atoms with van der Waals surface area (Å²) in [7, 11) is 1.00. The molecule has 0 saturated heterocycles. The van der Waals surface area contributed by atoms with Gasteiger partial charge >= 0.3 is 6.09 Å². The molecule has 162 valence electrons. The number of hydrogen-bond acceptors (Lipinski definition) is 4. The molecule has 0 saturated carbocycles. The van der Waals surface area contributed by atoms with E-state index in [0.717, 1.165) is 31.8 Å². The topological polar surface area (TPSA) is 75.6 Å². The number of rotatable bonds is 6. The normalized spacial score (nSPS) is 15.3. The Labute approximate surface area is 183 Å². The fourth-order valence-corrected chi connectivity index (χ4v) is 4.25. The first kappa shape index (κ1) is 22.5. The molecule has 0 heterocycles. The summed E-state index contributed by atoms with van der Waals surface area (Å²) in [5.41, 5.74) is 7.10. The zero-order chi connectivity index (χ0) is 22.2. The van der Waals surface area contributed by atoms with Crippen LogP contribution in [0.3, 0.4) is 0 Å². The van der Waals surface area contributed by atoms with Crippen LogP contribution in [0.25, 0.3) is 11.1 Å². The fourth-order valence-electron chi connectivity index (χ4n) is 4.25. The molecule has 2 aromatic rings. The van der Waals surface area contributed by atoms with E-state index in [1.165, 1.54) is 27.8 Å².